The van der Waals surface area contributed by atoms with Crippen LogP contribution in [-0.4, -0.2) is 5.92 Å². The van der Waals surface area contributed by atoms with Crippen molar-refractivity contribution in [2.45, 2.75) is 80.1 Å². The Bertz CT molecular complexity index is 1000. The minimum atomic E-state index is -3.07. The standard InChI is InChI=1S/C24H26F4.C5H11N.C2H6/c1-16-9-11-19(12-10-16)13-14-20(15-17(2)23(4,25)26)21-7-6-8-22(18(21)3)24(5,27)28;1-4(2)5(3)6;1-2/h6-12,15H,2,13-14H2,1,3-5H3;4H,3,6H2,1-2H3;1-2H3/b20-15-;;. The lowest BCUT2D eigenvalue weighted by molar-refractivity contribution is 0.0168. The molecule has 0 aromatic heterocycles. The SMILES string of the molecule is C=C(/C=C(/CCc1ccc(C)cc1)c1cccc(C(C)(F)F)c1C)C(C)(F)F.C=C(N)C(C)C.CC. The maximum atomic E-state index is 13.9. The van der Waals surface area contributed by atoms with Gasteiger partial charge in [-0.3, -0.25) is 0 Å². The minimum Gasteiger partial charge on any atom is -0.402 e. The number of rotatable bonds is 8. The summed E-state index contributed by atoms with van der Waals surface area (Å²) in [5.74, 6) is -5.64. The van der Waals surface area contributed by atoms with Gasteiger partial charge in [-0.15, -0.1) is 0 Å². The first kappa shape index (κ1) is 33.2. The van der Waals surface area contributed by atoms with E-state index in [0.29, 0.717) is 35.5 Å². The van der Waals surface area contributed by atoms with E-state index in [4.69, 9.17) is 5.73 Å². The second-order valence-corrected chi connectivity index (χ2v) is 9.16. The molecule has 0 aliphatic carbocycles. The summed E-state index contributed by atoms with van der Waals surface area (Å²) < 4.78 is 55.3. The maximum absolute atomic E-state index is 13.9. The molecule has 0 saturated carbocycles. The Hall–Kier alpha value is -2.82. The summed E-state index contributed by atoms with van der Waals surface area (Å²) in [5.41, 5.74) is 9.29. The van der Waals surface area contributed by atoms with E-state index >= 15 is 0 Å². The molecule has 0 atom stereocenters. The quantitative estimate of drug-likeness (QED) is 0.280. The van der Waals surface area contributed by atoms with Crippen LogP contribution >= 0.6 is 0 Å². The number of alkyl halides is 4. The largest absolute Gasteiger partial charge is 0.402 e. The van der Waals surface area contributed by atoms with Gasteiger partial charge in [0.2, 0.25) is 0 Å². The van der Waals surface area contributed by atoms with Crippen molar-refractivity contribution >= 4 is 5.57 Å². The van der Waals surface area contributed by atoms with Gasteiger partial charge >= 0.3 is 0 Å². The third-order valence-electron chi connectivity index (χ3n) is 5.61. The average molecular weight is 506 g/mol. The number of nitrogens with two attached hydrogens (primary N) is 1. The van der Waals surface area contributed by atoms with Crippen molar-refractivity contribution < 1.29 is 17.6 Å². The Balaban J connectivity index is 0.00000134. The lowest BCUT2D eigenvalue weighted by Crippen LogP contribution is -2.12. The van der Waals surface area contributed by atoms with Gasteiger partial charge in [0.15, 0.2) is 0 Å². The Labute approximate surface area is 215 Å². The molecule has 5 heteroatoms. The molecule has 2 N–H and O–H groups in total. The highest BCUT2D eigenvalue weighted by atomic mass is 19.3. The van der Waals surface area contributed by atoms with Crippen LogP contribution in [0.2, 0.25) is 0 Å². The molecule has 1 nitrogen and oxygen atoms in total. The smallest absolute Gasteiger partial charge is 0.270 e. The van der Waals surface area contributed by atoms with Gasteiger partial charge in [0.25, 0.3) is 11.8 Å². The molecule has 0 heterocycles. The third-order valence-corrected chi connectivity index (χ3v) is 5.61. The maximum Gasteiger partial charge on any atom is 0.270 e. The number of hydrogen-bond donors (Lipinski definition) is 1. The summed E-state index contributed by atoms with van der Waals surface area (Å²) in [7, 11) is 0. The summed E-state index contributed by atoms with van der Waals surface area (Å²) in [6.07, 6.45) is 2.40. The van der Waals surface area contributed by atoms with Crippen LogP contribution < -0.4 is 5.73 Å². The predicted molar refractivity (Wildman–Crippen MR) is 147 cm³/mol. The molecule has 0 radical (unpaired) electrons. The van der Waals surface area contributed by atoms with E-state index in [0.717, 1.165) is 30.7 Å². The number of aryl methyl sites for hydroxylation is 2. The molecule has 0 saturated heterocycles. The summed E-state index contributed by atoms with van der Waals surface area (Å²) in [6, 6.07) is 12.6. The zero-order chi connectivity index (χ0) is 28.3. The molecule has 0 spiro atoms. The number of hydrogen-bond acceptors (Lipinski definition) is 1. The molecule has 200 valence electrons. The molecular formula is C31H43F4N. The number of allylic oxidation sites excluding steroid dienone is 4. The van der Waals surface area contributed by atoms with Crippen molar-refractivity contribution in [3.05, 3.63) is 101 Å². The Morgan fingerprint density at radius 1 is 0.944 bits per heavy atom. The van der Waals surface area contributed by atoms with Crippen LogP contribution in [0.25, 0.3) is 5.57 Å². The molecule has 0 unspecified atom stereocenters. The zero-order valence-electron chi connectivity index (χ0n) is 23.1. The van der Waals surface area contributed by atoms with Crippen molar-refractivity contribution in [2.75, 3.05) is 0 Å². The summed E-state index contributed by atoms with van der Waals surface area (Å²) in [5, 5.41) is 0. The molecule has 0 aliphatic rings. The second kappa shape index (κ2) is 14.7. The van der Waals surface area contributed by atoms with Gasteiger partial charge in [-0.1, -0.05) is 88.9 Å². The van der Waals surface area contributed by atoms with Gasteiger partial charge in [0, 0.05) is 30.7 Å². The Morgan fingerprint density at radius 2 is 1.44 bits per heavy atom. The number of halogens is 4. The minimum absolute atomic E-state index is 0.0971. The first-order valence-electron chi connectivity index (χ1n) is 12.3. The summed E-state index contributed by atoms with van der Waals surface area (Å²) in [6.45, 7) is 20.3. The van der Waals surface area contributed by atoms with E-state index in [1.807, 2.05) is 58.9 Å². The normalized spacial score (nSPS) is 11.8. The zero-order valence-corrected chi connectivity index (χ0v) is 23.1. The Morgan fingerprint density at radius 3 is 1.86 bits per heavy atom. The third kappa shape index (κ3) is 11.3. The van der Waals surface area contributed by atoms with Crippen LogP contribution in [0.3, 0.4) is 0 Å². The molecule has 2 rings (SSSR count). The molecule has 0 fully saturated rings. The molecule has 2 aromatic rings. The summed E-state index contributed by atoms with van der Waals surface area (Å²) in [4.78, 5) is 0. The molecular weight excluding hydrogens is 462 g/mol. The molecule has 36 heavy (non-hydrogen) atoms. The van der Waals surface area contributed by atoms with Crippen LogP contribution in [0, 0.1) is 19.8 Å². The fourth-order valence-electron chi connectivity index (χ4n) is 3.11. The fourth-order valence-corrected chi connectivity index (χ4v) is 3.11. The van der Waals surface area contributed by atoms with E-state index in [1.165, 1.54) is 12.1 Å². The van der Waals surface area contributed by atoms with Crippen molar-refractivity contribution in [1.29, 1.82) is 0 Å². The lowest BCUT2D eigenvalue weighted by atomic mass is 9.89. The number of benzene rings is 2. The van der Waals surface area contributed by atoms with E-state index in [2.05, 4.69) is 13.2 Å². The van der Waals surface area contributed by atoms with Gasteiger partial charge in [0.1, 0.15) is 0 Å². The van der Waals surface area contributed by atoms with Crippen LogP contribution in [0.5, 0.6) is 0 Å². The highest BCUT2D eigenvalue weighted by molar-refractivity contribution is 5.72. The van der Waals surface area contributed by atoms with Crippen LogP contribution in [-0.2, 0) is 12.3 Å². The van der Waals surface area contributed by atoms with Crippen molar-refractivity contribution in [3.8, 4) is 0 Å². The van der Waals surface area contributed by atoms with Crippen LogP contribution in [0.15, 0.2) is 73.0 Å². The van der Waals surface area contributed by atoms with Crippen LogP contribution in [0.4, 0.5) is 17.6 Å². The van der Waals surface area contributed by atoms with E-state index < -0.39 is 11.8 Å². The van der Waals surface area contributed by atoms with E-state index in [-0.39, 0.29) is 11.1 Å². The first-order chi connectivity index (χ1) is 16.5. The Kier molecular flexibility index (Phi) is 13.5. The molecule has 0 aliphatic heterocycles. The van der Waals surface area contributed by atoms with Gasteiger partial charge in [-0.2, -0.15) is 0 Å². The first-order valence-corrected chi connectivity index (χ1v) is 12.3. The summed E-state index contributed by atoms with van der Waals surface area (Å²) >= 11 is 0. The topological polar surface area (TPSA) is 26.0 Å². The molecule has 2 aromatic carbocycles. The predicted octanol–water partition coefficient (Wildman–Crippen LogP) is 9.78. The highest BCUT2D eigenvalue weighted by Gasteiger charge is 2.28. The van der Waals surface area contributed by atoms with Gasteiger partial charge in [-0.25, -0.2) is 17.6 Å². The van der Waals surface area contributed by atoms with Crippen molar-refractivity contribution in [1.82, 2.24) is 0 Å². The van der Waals surface area contributed by atoms with Gasteiger partial charge in [0.05, 0.1) is 0 Å². The average Bonchev–Trinajstić information content (AvgIpc) is 2.78. The van der Waals surface area contributed by atoms with E-state index in [1.54, 1.807) is 19.1 Å². The van der Waals surface area contributed by atoms with Crippen molar-refractivity contribution in [2.24, 2.45) is 11.7 Å². The molecule has 0 bridgehead atoms. The molecule has 0 amide bonds. The van der Waals surface area contributed by atoms with Crippen LogP contribution in [0.1, 0.15) is 75.8 Å². The van der Waals surface area contributed by atoms with E-state index in [9.17, 15) is 17.6 Å². The monoisotopic (exact) mass is 505 g/mol. The van der Waals surface area contributed by atoms with Gasteiger partial charge < -0.3 is 5.73 Å². The fraction of sp³-hybridized carbons (Fsp3) is 0.419. The van der Waals surface area contributed by atoms with Gasteiger partial charge in [-0.05, 0) is 60.9 Å². The lowest BCUT2D eigenvalue weighted by Gasteiger charge is -2.20. The van der Waals surface area contributed by atoms with Crippen molar-refractivity contribution in [3.63, 3.8) is 0 Å². The second-order valence-electron chi connectivity index (χ2n) is 9.16. The highest BCUT2D eigenvalue weighted by Crippen LogP contribution is 2.36.